The Hall–Kier alpha value is 0.540. The van der Waals surface area contributed by atoms with Gasteiger partial charge in [-0.2, -0.15) is 0 Å². The monoisotopic (exact) mass is 353 g/mol. The molecule has 0 radical (unpaired) electrons. The molecule has 0 atom stereocenters. The van der Waals surface area contributed by atoms with Crippen molar-refractivity contribution in [3.05, 3.63) is 0 Å². The lowest BCUT2D eigenvalue weighted by Crippen LogP contribution is -3.00. The third-order valence-electron chi connectivity index (χ3n) is 4.72. The maximum Gasteiger partial charge on any atom is 0.0798 e. The molecule has 0 fully saturated rings. The van der Waals surface area contributed by atoms with E-state index >= 15 is 0 Å². The smallest absolute Gasteiger partial charge is 0.0798 e. The summed E-state index contributed by atoms with van der Waals surface area (Å²) in [6.07, 6.45) is 15.0. The molecule has 0 saturated heterocycles. The molecule has 0 amide bonds. The molecule has 22 heavy (non-hydrogen) atoms. The number of hydrogen-bond acceptors (Lipinski definition) is 0. The van der Waals surface area contributed by atoms with Crippen molar-refractivity contribution in [2.75, 3.05) is 32.1 Å². The van der Waals surface area contributed by atoms with E-state index < -0.39 is 0 Å². The van der Waals surface area contributed by atoms with Crippen molar-refractivity contribution in [1.82, 2.24) is 0 Å². The zero-order valence-electron chi connectivity index (χ0n) is 15.5. The lowest BCUT2D eigenvalue weighted by molar-refractivity contribution is -0.928. The number of unbranched alkanes of at least 4 members (excludes halogenated alkanes) is 7. The van der Waals surface area contributed by atoms with Gasteiger partial charge >= 0.3 is 0 Å². The first kappa shape index (κ1) is 24.8. The minimum Gasteiger partial charge on any atom is -1.00 e. The van der Waals surface area contributed by atoms with Gasteiger partial charge in [-0.25, -0.2) is 0 Å². The third-order valence-corrected chi connectivity index (χ3v) is 4.99. The largest absolute Gasteiger partial charge is 1.00 e. The van der Waals surface area contributed by atoms with Gasteiger partial charge in [0.2, 0.25) is 0 Å². The predicted octanol–water partition coefficient (Wildman–Crippen LogP) is 3.40. The molecular weight excluding hydrogens is 313 g/mol. The maximum absolute atomic E-state index is 6.00. The summed E-state index contributed by atoms with van der Waals surface area (Å²) in [6.45, 7) is 12.4. The Morgan fingerprint density at radius 3 is 1.32 bits per heavy atom. The van der Waals surface area contributed by atoms with Crippen molar-refractivity contribution in [1.29, 1.82) is 0 Å². The molecule has 0 saturated carbocycles. The number of quaternary nitrogens is 1. The van der Waals surface area contributed by atoms with Crippen molar-refractivity contribution < 1.29 is 16.9 Å². The molecule has 0 heterocycles. The Bertz CT molecular complexity index is 200. The lowest BCUT2D eigenvalue weighted by Gasteiger charge is -2.39. The Labute approximate surface area is 152 Å². The second-order valence-electron chi connectivity index (χ2n) is 6.75. The van der Waals surface area contributed by atoms with Crippen LogP contribution in [0.15, 0.2) is 0 Å². The minimum atomic E-state index is 0. The zero-order valence-corrected chi connectivity index (χ0v) is 17.0. The van der Waals surface area contributed by atoms with E-state index in [1.165, 1.54) is 101 Å². The van der Waals surface area contributed by atoms with Crippen LogP contribution < -0.4 is 12.4 Å². The first-order valence-electron chi connectivity index (χ1n) is 9.65. The van der Waals surface area contributed by atoms with Crippen LogP contribution in [0.3, 0.4) is 0 Å². The fraction of sp³-hybridized carbons (Fsp3) is 1.00. The molecule has 3 heteroatoms. The van der Waals surface area contributed by atoms with E-state index in [2.05, 4.69) is 20.8 Å². The molecular formula is C19H41Cl2N. The van der Waals surface area contributed by atoms with E-state index in [0.717, 1.165) is 5.88 Å². The summed E-state index contributed by atoms with van der Waals surface area (Å²) in [4.78, 5) is 0. The van der Waals surface area contributed by atoms with Gasteiger partial charge in [0.25, 0.3) is 0 Å². The normalized spacial score (nSPS) is 11.5. The van der Waals surface area contributed by atoms with Crippen LogP contribution in [0, 0.1) is 0 Å². The Kier molecular flexibility index (Phi) is 20.2. The fourth-order valence-electron chi connectivity index (χ4n) is 3.33. The first-order chi connectivity index (χ1) is 10.2. The van der Waals surface area contributed by atoms with Crippen molar-refractivity contribution in [3.63, 3.8) is 0 Å². The summed E-state index contributed by atoms with van der Waals surface area (Å²) in [5, 5.41) is 0. The van der Waals surface area contributed by atoms with E-state index in [-0.39, 0.29) is 12.4 Å². The summed E-state index contributed by atoms with van der Waals surface area (Å²) in [6, 6.07) is 0. The molecule has 0 aromatic rings. The van der Waals surface area contributed by atoms with Gasteiger partial charge in [0.15, 0.2) is 0 Å². The summed E-state index contributed by atoms with van der Waals surface area (Å²) in [7, 11) is 0. The van der Waals surface area contributed by atoms with Crippen LogP contribution in [0.4, 0.5) is 0 Å². The number of rotatable bonds is 16. The SMILES string of the molecule is CCCCCC[N+](CCCCl)(CCCCC)CCCCC.[Cl-]. The second kappa shape index (κ2) is 17.9. The van der Waals surface area contributed by atoms with Gasteiger partial charge in [-0.1, -0.05) is 46.5 Å². The average molecular weight is 354 g/mol. The number of hydrogen-bond donors (Lipinski definition) is 0. The van der Waals surface area contributed by atoms with Gasteiger partial charge in [-0.3, -0.25) is 0 Å². The van der Waals surface area contributed by atoms with Gasteiger partial charge in [0, 0.05) is 12.3 Å². The molecule has 0 aliphatic carbocycles. The topological polar surface area (TPSA) is 0 Å². The van der Waals surface area contributed by atoms with Crippen molar-refractivity contribution >= 4 is 11.6 Å². The average Bonchev–Trinajstić information content (AvgIpc) is 2.50. The van der Waals surface area contributed by atoms with Crippen LogP contribution in [0.25, 0.3) is 0 Å². The second-order valence-corrected chi connectivity index (χ2v) is 7.13. The van der Waals surface area contributed by atoms with E-state index in [1.807, 2.05) is 0 Å². The van der Waals surface area contributed by atoms with Crippen LogP contribution in [0.1, 0.15) is 91.4 Å². The fourth-order valence-corrected chi connectivity index (χ4v) is 3.45. The van der Waals surface area contributed by atoms with Gasteiger partial charge in [-0.15, -0.1) is 11.6 Å². The summed E-state index contributed by atoms with van der Waals surface area (Å²) in [5.74, 6) is 0.830. The standard InChI is InChI=1S/C19H41ClN.ClH/c1-4-7-10-13-18-21(19-14-15-20,16-11-8-5-2)17-12-9-6-3;/h4-19H2,1-3H3;1H/q+1;/p-1. The highest BCUT2D eigenvalue weighted by molar-refractivity contribution is 6.17. The summed E-state index contributed by atoms with van der Waals surface area (Å²) >= 11 is 6.00. The van der Waals surface area contributed by atoms with Gasteiger partial charge in [0.05, 0.1) is 26.2 Å². The molecule has 0 rings (SSSR count). The first-order valence-corrected chi connectivity index (χ1v) is 10.2. The van der Waals surface area contributed by atoms with Crippen molar-refractivity contribution in [2.24, 2.45) is 0 Å². The molecule has 0 bridgehead atoms. The van der Waals surface area contributed by atoms with E-state index in [1.54, 1.807) is 0 Å². The Morgan fingerprint density at radius 2 is 0.909 bits per heavy atom. The van der Waals surface area contributed by atoms with Crippen LogP contribution in [0.5, 0.6) is 0 Å². The molecule has 0 aliphatic heterocycles. The molecule has 0 spiro atoms. The molecule has 136 valence electrons. The van der Waals surface area contributed by atoms with Crippen molar-refractivity contribution in [3.8, 4) is 0 Å². The minimum absolute atomic E-state index is 0. The van der Waals surface area contributed by atoms with Gasteiger partial charge < -0.3 is 16.9 Å². The number of halogens is 2. The third kappa shape index (κ3) is 13.0. The van der Waals surface area contributed by atoms with Gasteiger partial charge in [0.1, 0.15) is 0 Å². The Balaban J connectivity index is 0. The molecule has 1 nitrogen and oxygen atoms in total. The molecule has 0 aromatic heterocycles. The van der Waals surface area contributed by atoms with Crippen LogP contribution >= 0.6 is 11.6 Å². The van der Waals surface area contributed by atoms with E-state index in [9.17, 15) is 0 Å². The molecule has 0 N–H and O–H groups in total. The van der Waals surface area contributed by atoms with Crippen LogP contribution in [0.2, 0.25) is 0 Å². The zero-order chi connectivity index (χ0) is 15.8. The highest BCUT2D eigenvalue weighted by Gasteiger charge is 2.25. The number of nitrogens with zero attached hydrogens (tertiary/aromatic N) is 1. The molecule has 0 unspecified atom stereocenters. The van der Waals surface area contributed by atoms with Crippen molar-refractivity contribution in [2.45, 2.75) is 91.4 Å². The molecule has 0 aromatic carbocycles. The highest BCUT2D eigenvalue weighted by atomic mass is 35.5. The van der Waals surface area contributed by atoms with E-state index in [0.29, 0.717) is 0 Å². The van der Waals surface area contributed by atoms with Crippen LogP contribution in [-0.2, 0) is 0 Å². The maximum atomic E-state index is 6.00. The summed E-state index contributed by atoms with van der Waals surface area (Å²) < 4.78 is 1.36. The highest BCUT2D eigenvalue weighted by Crippen LogP contribution is 2.18. The van der Waals surface area contributed by atoms with E-state index in [4.69, 9.17) is 11.6 Å². The summed E-state index contributed by atoms with van der Waals surface area (Å²) in [5.41, 5.74) is 0. The molecule has 0 aliphatic rings. The lowest BCUT2D eigenvalue weighted by atomic mass is 10.1. The van der Waals surface area contributed by atoms with Crippen LogP contribution in [-0.4, -0.2) is 36.5 Å². The predicted molar refractivity (Wildman–Crippen MR) is 98.3 cm³/mol. The number of alkyl halides is 1. The van der Waals surface area contributed by atoms with Gasteiger partial charge in [-0.05, 0) is 38.5 Å². The Morgan fingerprint density at radius 1 is 0.545 bits per heavy atom. The quantitative estimate of drug-likeness (QED) is 0.226.